The maximum Gasteiger partial charge on any atom is 0.309 e. The second-order valence-corrected chi connectivity index (χ2v) is 7.69. The first-order chi connectivity index (χ1) is 15.1. The van der Waals surface area contributed by atoms with Crippen LogP contribution in [0.25, 0.3) is 11.6 Å². The number of nitrogens with one attached hydrogen (secondary N) is 2. The molecule has 2 saturated carbocycles. The van der Waals surface area contributed by atoms with E-state index in [1.54, 1.807) is 0 Å². The standard InChI is InChI=1S/C9H15N2O5.C9H14N2O5.Y/c1-15-9(12)6-3-2-4-8(11(13)14)7(6)5-16-10;1-16-9(13)5-3-2-4-6(11(14)15)7(5)8(10)12;/h6-8,10H,2-5H2,1H3;5-7H,2-4H2,1H3,(H2,10,12);/q-1;;/p-1. The van der Waals surface area contributed by atoms with Gasteiger partial charge in [0.25, 0.3) is 0 Å². The van der Waals surface area contributed by atoms with E-state index in [1.165, 1.54) is 14.2 Å². The Kier molecular flexibility index (Phi) is 14.4. The average molecular weight is 549 g/mol. The number of methoxy groups -OCH3 is 2. The molecule has 0 aromatic heterocycles. The van der Waals surface area contributed by atoms with Crippen molar-refractivity contribution < 1.29 is 71.3 Å². The Morgan fingerprint density at radius 2 is 1.33 bits per heavy atom. The van der Waals surface area contributed by atoms with Crippen LogP contribution < -0.4 is 0 Å². The van der Waals surface area contributed by atoms with Crippen LogP contribution in [-0.2, 0) is 61.4 Å². The van der Waals surface area contributed by atoms with Crippen LogP contribution in [0.4, 0.5) is 0 Å². The van der Waals surface area contributed by atoms with Crippen LogP contribution >= 0.6 is 0 Å². The first-order valence-corrected chi connectivity index (χ1v) is 10.1. The van der Waals surface area contributed by atoms with Crippen molar-refractivity contribution in [2.75, 3.05) is 20.8 Å². The molecule has 2 aliphatic carbocycles. The molecule has 6 atom stereocenters. The summed E-state index contributed by atoms with van der Waals surface area (Å²) in [6.07, 6.45) is 2.71. The molecule has 2 aliphatic rings. The fourth-order valence-corrected chi connectivity index (χ4v) is 4.46. The maximum absolute atomic E-state index is 11.5. The molecule has 0 saturated heterocycles. The van der Waals surface area contributed by atoms with Crippen LogP contribution in [0.1, 0.15) is 38.5 Å². The monoisotopic (exact) mass is 549 g/mol. The van der Waals surface area contributed by atoms with Crippen molar-refractivity contribution in [1.29, 1.82) is 0 Å². The molecule has 15 heteroatoms. The molecule has 1 amide bonds. The number of nitrogens with zero attached hydrogens (tertiary/aromatic N) is 2. The third-order valence-electron chi connectivity index (χ3n) is 6.02. The van der Waals surface area contributed by atoms with Gasteiger partial charge in [-0.2, -0.15) is 0 Å². The minimum absolute atomic E-state index is 0. The Hall–Kier alpha value is -1.77. The zero-order valence-electron chi connectivity index (χ0n) is 18.5. The van der Waals surface area contributed by atoms with Crippen molar-refractivity contribution in [2.45, 2.75) is 50.6 Å². The number of esters is 2. The summed E-state index contributed by atoms with van der Waals surface area (Å²) in [5.41, 5.74) is 7.04. The largest absolute Gasteiger partial charge is 0.667 e. The van der Waals surface area contributed by atoms with Crippen molar-refractivity contribution in [1.82, 2.24) is 0 Å². The number of nitro groups is 2. The van der Waals surface area contributed by atoms with Gasteiger partial charge in [-0.1, -0.05) is 0 Å². The number of hydrogen-bond donors (Lipinski definition) is 0. The topological polar surface area (TPSA) is 213 Å². The molecule has 6 unspecified atom stereocenters. The zero-order chi connectivity index (χ0) is 24.4. The third kappa shape index (κ3) is 8.50. The van der Waals surface area contributed by atoms with Crippen molar-refractivity contribution in [3.63, 3.8) is 0 Å². The summed E-state index contributed by atoms with van der Waals surface area (Å²) >= 11 is 0. The Morgan fingerprint density at radius 3 is 1.76 bits per heavy atom. The Balaban J connectivity index is 0.000000602. The second-order valence-electron chi connectivity index (χ2n) is 7.69. The van der Waals surface area contributed by atoms with Gasteiger partial charge in [-0.25, -0.2) is 0 Å². The van der Waals surface area contributed by atoms with Crippen molar-refractivity contribution in [3.8, 4) is 0 Å². The Labute approximate surface area is 215 Å². The molecule has 33 heavy (non-hydrogen) atoms. The normalized spacial score (nSPS) is 28.7. The SMILES string of the molecule is COC(=O)C1CCCC([N+](=O)[O-])C1C([NH-])=O.COC(=O)C1CCCC([N+](=O)[O-])C1CO[NH-].[Y]. The number of amides is 1. The summed E-state index contributed by atoms with van der Waals surface area (Å²) in [6.45, 7) is -0.106. The molecule has 0 aromatic carbocycles. The Morgan fingerprint density at radius 1 is 0.879 bits per heavy atom. The molecule has 1 radical (unpaired) electrons. The van der Waals surface area contributed by atoms with E-state index in [2.05, 4.69) is 14.3 Å². The summed E-state index contributed by atoms with van der Waals surface area (Å²) in [6, 6.07) is -1.95. The third-order valence-corrected chi connectivity index (χ3v) is 6.02. The average Bonchev–Trinajstić information content (AvgIpc) is 2.77. The minimum Gasteiger partial charge on any atom is -0.667 e. The summed E-state index contributed by atoms with van der Waals surface area (Å²) in [5, 5.41) is 21.6. The van der Waals surface area contributed by atoms with E-state index in [-0.39, 0.29) is 45.7 Å². The van der Waals surface area contributed by atoms with Gasteiger partial charge in [-0.15, -0.1) is 0 Å². The molecule has 0 aliphatic heterocycles. The van der Waals surface area contributed by atoms with E-state index in [1.807, 2.05) is 0 Å². The fraction of sp³-hybridized carbons (Fsp3) is 0.833. The van der Waals surface area contributed by atoms with Crippen LogP contribution in [-0.4, -0.2) is 60.6 Å². The first kappa shape index (κ1) is 31.2. The van der Waals surface area contributed by atoms with Gasteiger partial charge in [0.15, 0.2) is 0 Å². The predicted molar refractivity (Wildman–Crippen MR) is 107 cm³/mol. The molecule has 0 heterocycles. The van der Waals surface area contributed by atoms with Gasteiger partial charge in [0, 0.05) is 62.0 Å². The van der Waals surface area contributed by atoms with Crippen molar-refractivity contribution >= 4 is 17.8 Å². The number of carbonyl (C=O) groups excluding carboxylic acids is 3. The van der Waals surface area contributed by atoms with Gasteiger partial charge < -0.3 is 30.7 Å². The molecular weight excluding hydrogens is 521 g/mol. The fourth-order valence-electron chi connectivity index (χ4n) is 4.46. The maximum atomic E-state index is 11.5. The van der Waals surface area contributed by atoms with Crippen molar-refractivity contribution in [2.24, 2.45) is 23.7 Å². The van der Waals surface area contributed by atoms with Gasteiger partial charge in [0.2, 0.25) is 12.1 Å². The number of hydrogen-bond acceptors (Lipinski definition) is 10. The summed E-state index contributed by atoms with van der Waals surface area (Å²) < 4.78 is 9.12. The molecular formula is C18H28N4O10Y-2. The molecule has 14 nitrogen and oxygen atoms in total. The van der Waals surface area contributed by atoms with E-state index >= 15 is 0 Å². The predicted octanol–water partition coefficient (Wildman–Crippen LogP) is 2.00. The smallest absolute Gasteiger partial charge is 0.309 e. The molecule has 0 spiro atoms. The molecule has 2 fully saturated rings. The van der Waals surface area contributed by atoms with Crippen LogP contribution in [0.3, 0.4) is 0 Å². The number of ether oxygens (including phenoxy) is 2. The van der Waals surface area contributed by atoms with Gasteiger partial charge in [-0.05, 0) is 25.7 Å². The van der Waals surface area contributed by atoms with E-state index in [9.17, 15) is 34.6 Å². The van der Waals surface area contributed by atoms with E-state index in [0.717, 1.165) is 0 Å². The van der Waals surface area contributed by atoms with Gasteiger partial charge >= 0.3 is 11.9 Å². The van der Waals surface area contributed by atoms with Gasteiger partial charge in [0.1, 0.15) is 0 Å². The van der Waals surface area contributed by atoms with Crippen molar-refractivity contribution in [3.05, 3.63) is 31.9 Å². The van der Waals surface area contributed by atoms with E-state index < -0.39 is 63.4 Å². The summed E-state index contributed by atoms with van der Waals surface area (Å²) in [7, 11) is 2.43. The molecule has 185 valence electrons. The molecule has 0 aromatic rings. The van der Waals surface area contributed by atoms with Crippen LogP contribution in [0.2, 0.25) is 0 Å². The molecule has 2 rings (SSSR count). The first-order valence-electron chi connectivity index (χ1n) is 10.1. The molecule has 2 N–H and O–H groups in total. The summed E-state index contributed by atoms with van der Waals surface area (Å²) in [5.74, 6) is 1.42. The Bertz CT molecular complexity index is 710. The second kappa shape index (κ2) is 15.2. The van der Waals surface area contributed by atoms with Crippen LogP contribution in [0.5, 0.6) is 0 Å². The quantitative estimate of drug-likeness (QED) is 0.256. The van der Waals surface area contributed by atoms with Crippen LogP contribution in [0.15, 0.2) is 0 Å². The van der Waals surface area contributed by atoms with E-state index in [0.29, 0.717) is 32.1 Å². The van der Waals surface area contributed by atoms with E-state index in [4.69, 9.17) is 11.6 Å². The zero-order valence-corrected chi connectivity index (χ0v) is 21.3. The number of carbonyl (C=O) groups is 3. The minimum atomic E-state index is -1.17. The van der Waals surface area contributed by atoms with Crippen LogP contribution in [0, 0.1) is 43.9 Å². The summed E-state index contributed by atoms with van der Waals surface area (Å²) in [4.78, 5) is 58.8. The molecule has 0 bridgehead atoms. The number of rotatable bonds is 7. The van der Waals surface area contributed by atoms with Gasteiger partial charge in [0.05, 0.1) is 43.8 Å². The van der Waals surface area contributed by atoms with Gasteiger partial charge in [-0.3, -0.25) is 29.8 Å².